The summed E-state index contributed by atoms with van der Waals surface area (Å²) < 4.78 is 0. The average Bonchev–Trinajstić information content (AvgIpc) is 2.88. The molecule has 24 heavy (non-hydrogen) atoms. The molecule has 3 nitrogen and oxygen atoms in total. The number of nitrogens with two attached hydrogens (primary N) is 1. The fraction of sp³-hybridized carbons (Fsp3) is 0.714. The second kappa shape index (κ2) is 5.66. The summed E-state index contributed by atoms with van der Waals surface area (Å²) in [6.45, 7) is 2.77. The molecule has 5 atom stereocenters. The topological polar surface area (TPSA) is 60.2 Å². The molecule has 2 N–H and O–H groups in total. The Hall–Kier alpha value is -1.22. The molecule has 0 bridgehead atoms. The predicted octanol–water partition coefficient (Wildman–Crippen LogP) is 3.58. The van der Waals surface area contributed by atoms with Crippen molar-refractivity contribution in [2.45, 2.75) is 58.3 Å². The van der Waals surface area contributed by atoms with Gasteiger partial charge in [-0.1, -0.05) is 30.7 Å². The van der Waals surface area contributed by atoms with E-state index in [0.717, 1.165) is 38.5 Å². The highest BCUT2D eigenvalue weighted by atomic mass is 16.1. The van der Waals surface area contributed by atoms with E-state index in [4.69, 9.17) is 5.73 Å². The summed E-state index contributed by atoms with van der Waals surface area (Å²) in [5, 5.41) is 0. The molecule has 3 heteroatoms. The number of hydrogen-bond donors (Lipinski definition) is 1. The normalized spacial score (nSPS) is 44.9. The zero-order valence-electron chi connectivity index (χ0n) is 14.7. The number of hydrogen-bond acceptors (Lipinski definition) is 3. The Morgan fingerprint density at radius 2 is 2.04 bits per heavy atom. The standard InChI is InChI=1S/C21H29NO2/c1-20-10-8-18-16(17(20)5-6-19(20)24)4-3-14-13-15(23)7-11-21(14,18)9-2-12-22/h2-3,9,16-18H,4-8,10-13,22H2,1H3/b9-2-/t16-,17-,18-,20-,21-/m0/s1. The minimum atomic E-state index is -0.0875. The van der Waals surface area contributed by atoms with Crippen LogP contribution >= 0.6 is 0 Å². The first-order valence-corrected chi connectivity index (χ1v) is 9.63. The van der Waals surface area contributed by atoms with Crippen LogP contribution in [0.4, 0.5) is 0 Å². The van der Waals surface area contributed by atoms with E-state index in [1.165, 1.54) is 5.57 Å². The maximum Gasteiger partial charge on any atom is 0.139 e. The van der Waals surface area contributed by atoms with Crippen molar-refractivity contribution in [2.24, 2.45) is 34.3 Å². The molecule has 0 aromatic rings. The molecule has 0 aliphatic heterocycles. The van der Waals surface area contributed by atoms with Gasteiger partial charge in [0.25, 0.3) is 0 Å². The lowest BCUT2D eigenvalue weighted by atomic mass is 9.47. The Morgan fingerprint density at radius 3 is 2.83 bits per heavy atom. The molecule has 0 saturated heterocycles. The summed E-state index contributed by atoms with van der Waals surface area (Å²) >= 11 is 0. The Bertz CT molecular complexity index is 634. The zero-order chi connectivity index (χ0) is 16.9. The van der Waals surface area contributed by atoms with Crippen molar-refractivity contribution < 1.29 is 9.59 Å². The molecule has 130 valence electrons. The molecular weight excluding hydrogens is 298 g/mol. The summed E-state index contributed by atoms with van der Waals surface area (Å²) in [4.78, 5) is 24.5. The van der Waals surface area contributed by atoms with E-state index in [1.807, 2.05) is 0 Å². The van der Waals surface area contributed by atoms with Crippen molar-refractivity contribution in [3.05, 3.63) is 23.8 Å². The number of rotatable bonds is 2. The van der Waals surface area contributed by atoms with Crippen molar-refractivity contribution in [3.8, 4) is 0 Å². The fourth-order valence-corrected chi connectivity index (χ4v) is 6.56. The van der Waals surface area contributed by atoms with Crippen LogP contribution in [-0.4, -0.2) is 18.1 Å². The lowest BCUT2D eigenvalue weighted by Gasteiger charge is -2.56. The second-order valence-electron chi connectivity index (χ2n) is 8.65. The predicted molar refractivity (Wildman–Crippen MR) is 94.2 cm³/mol. The van der Waals surface area contributed by atoms with Crippen LogP contribution in [0, 0.1) is 28.6 Å². The molecule has 0 amide bonds. The Morgan fingerprint density at radius 1 is 1.21 bits per heavy atom. The van der Waals surface area contributed by atoms with E-state index in [-0.39, 0.29) is 10.8 Å². The van der Waals surface area contributed by atoms with Gasteiger partial charge in [0, 0.05) is 36.6 Å². The van der Waals surface area contributed by atoms with E-state index in [9.17, 15) is 9.59 Å². The van der Waals surface area contributed by atoms with Crippen LogP contribution in [0.3, 0.4) is 0 Å². The number of carbonyl (C=O) groups is 2. The fourth-order valence-electron chi connectivity index (χ4n) is 6.56. The van der Waals surface area contributed by atoms with Gasteiger partial charge in [0.2, 0.25) is 0 Å². The molecule has 0 spiro atoms. The van der Waals surface area contributed by atoms with Gasteiger partial charge in [0.1, 0.15) is 11.6 Å². The molecule has 4 aliphatic carbocycles. The summed E-state index contributed by atoms with van der Waals surface area (Å²) in [5.41, 5.74) is 7.05. The van der Waals surface area contributed by atoms with E-state index in [1.54, 1.807) is 0 Å². The van der Waals surface area contributed by atoms with Gasteiger partial charge in [-0.25, -0.2) is 0 Å². The second-order valence-corrected chi connectivity index (χ2v) is 8.65. The quantitative estimate of drug-likeness (QED) is 0.789. The molecule has 0 heterocycles. The molecule has 0 aromatic carbocycles. The van der Waals surface area contributed by atoms with E-state index in [2.05, 4.69) is 25.2 Å². The van der Waals surface area contributed by atoms with Crippen LogP contribution < -0.4 is 5.73 Å². The molecule has 0 radical (unpaired) electrons. The summed E-state index contributed by atoms with van der Waals surface area (Å²) in [6, 6.07) is 0. The lowest BCUT2D eigenvalue weighted by Crippen LogP contribution is -2.50. The van der Waals surface area contributed by atoms with Crippen LogP contribution in [0.15, 0.2) is 23.8 Å². The third-order valence-corrected chi connectivity index (χ3v) is 7.80. The molecule has 4 aliphatic rings. The lowest BCUT2D eigenvalue weighted by molar-refractivity contribution is -0.131. The van der Waals surface area contributed by atoms with Gasteiger partial charge in [0.05, 0.1) is 0 Å². The van der Waals surface area contributed by atoms with Crippen molar-refractivity contribution in [1.82, 2.24) is 0 Å². The summed E-state index contributed by atoms with van der Waals surface area (Å²) in [6.07, 6.45) is 14.1. The highest BCUT2D eigenvalue weighted by Gasteiger charge is 2.59. The first-order chi connectivity index (χ1) is 11.5. The molecule has 0 aromatic heterocycles. The number of carbonyl (C=O) groups excluding carboxylic acids is 2. The molecule has 3 saturated carbocycles. The molecular formula is C21H29NO2. The highest BCUT2D eigenvalue weighted by molar-refractivity contribution is 5.87. The minimum absolute atomic E-state index is 0.0309. The third kappa shape index (κ3) is 2.13. The molecule has 3 fully saturated rings. The van der Waals surface area contributed by atoms with Crippen molar-refractivity contribution >= 4 is 11.6 Å². The Kier molecular flexibility index (Phi) is 3.83. The van der Waals surface area contributed by atoms with Crippen molar-refractivity contribution in [3.63, 3.8) is 0 Å². The van der Waals surface area contributed by atoms with Gasteiger partial charge >= 0.3 is 0 Å². The number of ketones is 2. The number of Topliss-reactive ketones (excluding diaryl/α,β-unsaturated/α-hetero) is 2. The van der Waals surface area contributed by atoms with Gasteiger partial charge in [0.15, 0.2) is 0 Å². The largest absolute Gasteiger partial charge is 0.327 e. The van der Waals surface area contributed by atoms with Gasteiger partial charge in [-0.3, -0.25) is 9.59 Å². The van der Waals surface area contributed by atoms with Crippen molar-refractivity contribution in [1.29, 1.82) is 0 Å². The van der Waals surface area contributed by atoms with Crippen LogP contribution in [-0.2, 0) is 9.59 Å². The molecule has 4 rings (SSSR count). The number of allylic oxidation sites excluding steroid dienone is 3. The van der Waals surface area contributed by atoms with Crippen molar-refractivity contribution in [2.75, 3.05) is 6.54 Å². The van der Waals surface area contributed by atoms with Crippen LogP contribution in [0.1, 0.15) is 58.3 Å². The highest BCUT2D eigenvalue weighted by Crippen LogP contribution is 2.64. The third-order valence-electron chi connectivity index (χ3n) is 7.80. The van der Waals surface area contributed by atoms with Crippen LogP contribution in [0.25, 0.3) is 0 Å². The molecule has 0 unspecified atom stereocenters. The maximum atomic E-state index is 12.5. The van der Waals surface area contributed by atoms with Crippen LogP contribution in [0.2, 0.25) is 0 Å². The monoisotopic (exact) mass is 327 g/mol. The zero-order valence-corrected chi connectivity index (χ0v) is 14.7. The summed E-state index contributed by atoms with van der Waals surface area (Å²) in [5.74, 6) is 2.58. The van der Waals surface area contributed by atoms with Gasteiger partial charge < -0.3 is 5.73 Å². The van der Waals surface area contributed by atoms with Crippen LogP contribution in [0.5, 0.6) is 0 Å². The number of fused-ring (bicyclic) bond motifs is 5. The van der Waals surface area contributed by atoms with E-state index < -0.39 is 0 Å². The SMILES string of the molecule is C[C@]12CC[C@H]3[C@@H](CC=C4CC(=O)CC[C@@]43/C=C\CN)[C@@H]1CCC2=O. The van der Waals surface area contributed by atoms with E-state index >= 15 is 0 Å². The van der Waals surface area contributed by atoms with Gasteiger partial charge in [-0.15, -0.1) is 0 Å². The first kappa shape index (κ1) is 16.3. The van der Waals surface area contributed by atoms with Gasteiger partial charge in [-0.2, -0.15) is 0 Å². The minimum Gasteiger partial charge on any atom is -0.327 e. The first-order valence-electron chi connectivity index (χ1n) is 9.63. The Balaban J connectivity index is 1.75. The van der Waals surface area contributed by atoms with Gasteiger partial charge in [-0.05, 0) is 49.9 Å². The maximum absolute atomic E-state index is 12.5. The summed E-state index contributed by atoms with van der Waals surface area (Å²) in [7, 11) is 0. The average molecular weight is 327 g/mol. The smallest absolute Gasteiger partial charge is 0.139 e. The Labute approximate surface area is 144 Å². The van der Waals surface area contributed by atoms with E-state index in [0.29, 0.717) is 48.7 Å².